The second-order valence-corrected chi connectivity index (χ2v) is 7.76. The van der Waals surface area contributed by atoms with Crippen molar-refractivity contribution in [3.63, 3.8) is 0 Å². The molecule has 0 unspecified atom stereocenters. The molecule has 0 aromatic heterocycles. The normalized spacial score (nSPS) is 12.0. The van der Waals surface area contributed by atoms with Crippen LogP contribution in [0.4, 0.5) is 10.1 Å². The van der Waals surface area contributed by atoms with Gasteiger partial charge in [0.05, 0.1) is 11.0 Å². The minimum absolute atomic E-state index is 0.103. The van der Waals surface area contributed by atoms with Gasteiger partial charge in [0.1, 0.15) is 5.82 Å². The second kappa shape index (κ2) is 5.73. The largest absolute Gasteiger partial charge is 0.398 e. The summed E-state index contributed by atoms with van der Waals surface area (Å²) in [6.07, 6.45) is 0. The molecule has 0 aliphatic rings. The summed E-state index contributed by atoms with van der Waals surface area (Å²) >= 11 is 1.33. The van der Waals surface area contributed by atoms with Gasteiger partial charge in [-0.15, -0.1) is 11.8 Å². The summed E-state index contributed by atoms with van der Waals surface area (Å²) in [4.78, 5) is 0.713. The molecule has 1 aromatic rings. The number of thioether (sulfide) groups is 1. The summed E-state index contributed by atoms with van der Waals surface area (Å²) in [7, 11) is -3.03. The topological polar surface area (TPSA) is 60.2 Å². The van der Waals surface area contributed by atoms with E-state index in [1.54, 1.807) is 19.9 Å². The van der Waals surface area contributed by atoms with Crippen LogP contribution in [0.2, 0.25) is 0 Å². The summed E-state index contributed by atoms with van der Waals surface area (Å²) in [5.74, 6) is 0.143. The van der Waals surface area contributed by atoms with Crippen LogP contribution >= 0.6 is 11.8 Å². The number of hydrogen-bond acceptors (Lipinski definition) is 4. The van der Waals surface area contributed by atoms with E-state index in [9.17, 15) is 12.8 Å². The smallest absolute Gasteiger partial charge is 0.153 e. The zero-order chi connectivity index (χ0) is 13.1. The van der Waals surface area contributed by atoms with Crippen molar-refractivity contribution < 1.29 is 12.8 Å². The summed E-state index contributed by atoms with van der Waals surface area (Å²) in [6.45, 7) is 3.32. The van der Waals surface area contributed by atoms with E-state index in [2.05, 4.69) is 0 Å². The maximum Gasteiger partial charge on any atom is 0.153 e. The van der Waals surface area contributed by atoms with Crippen LogP contribution in [0.15, 0.2) is 23.1 Å². The molecule has 1 rings (SSSR count). The SMILES string of the molecule is CC(C)S(=O)(=O)CCSc1ccc(F)cc1N. The Bertz CT molecular complexity index is 486. The van der Waals surface area contributed by atoms with Gasteiger partial charge in [0.15, 0.2) is 9.84 Å². The maximum atomic E-state index is 12.8. The van der Waals surface area contributed by atoms with Gasteiger partial charge in [-0.05, 0) is 32.0 Å². The Morgan fingerprint density at radius 2 is 2.06 bits per heavy atom. The number of benzene rings is 1. The number of nitrogen functional groups attached to an aromatic ring is 1. The van der Waals surface area contributed by atoms with Crippen LogP contribution < -0.4 is 5.73 Å². The lowest BCUT2D eigenvalue weighted by molar-refractivity contribution is 0.589. The molecule has 0 bridgehead atoms. The average molecular weight is 277 g/mol. The van der Waals surface area contributed by atoms with Crippen molar-refractivity contribution in [2.24, 2.45) is 0 Å². The Kier molecular flexibility index (Phi) is 4.82. The van der Waals surface area contributed by atoms with Crippen molar-refractivity contribution in [2.75, 3.05) is 17.2 Å². The van der Waals surface area contributed by atoms with Crippen LogP contribution in [0.25, 0.3) is 0 Å². The quantitative estimate of drug-likeness (QED) is 0.663. The Labute approximate surface area is 106 Å². The van der Waals surface area contributed by atoms with Crippen molar-refractivity contribution in [2.45, 2.75) is 24.0 Å². The van der Waals surface area contributed by atoms with E-state index < -0.39 is 9.84 Å². The lowest BCUT2D eigenvalue weighted by Gasteiger charge is -2.08. The van der Waals surface area contributed by atoms with Crippen LogP contribution in [0, 0.1) is 5.82 Å². The Balaban J connectivity index is 2.58. The molecule has 0 atom stereocenters. The van der Waals surface area contributed by atoms with Gasteiger partial charge in [-0.25, -0.2) is 12.8 Å². The number of halogens is 1. The lowest BCUT2D eigenvalue weighted by Crippen LogP contribution is -2.19. The summed E-state index contributed by atoms with van der Waals surface area (Å²) in [6, 6.07) is 4.12. The summed E-state index contributed by atoms with van der Waals surface area (Å²) in [5.41, 5.74) is 5.97. The van der Waals surface area contributed by atoms with Gasteiger partial charge in [-0.3, -0.25) is 0 Å². The molecule has 0 fully saturated rings. The van der Waals surface area contributed by atoms with E-state index >= 15 is 0 Å². The van der Waals surface area contributed by atoms with Crippen molar-refractivity contribution >= 4 is 27.3 Å². The van der Waals surface area contributed by atoms with Crippen molar-refractivity contribution in [1.82, 2.24) is 0 Å². The summed E-state index contributed by atoms with van der Waals surface area (Å²) < 4.78 is 35.9. The van der Waals surface area contributed by atoms with Crippen LogP contribution in [0.1, 0.15) is 13.8 Å². The molecule has 0 aliphatic carbocycles. The van der Waals surface area contributed by atoms with Crippen molar-refractivity contribution in [3.05, 3.63) is 24.0 Å². The van der Waals surface area contributed by atoms with E-state index in [0.29, 0.717) is 16.3 Å². The zero-order valence-corrected chi connectivity index (χ0v) is 11.4. The lowest BCUT2D eigenvalue weighted by atomic mass is 10.3. The highest BCUT2D eigenvalue weighted by molar-refractivity contribution is 8.01. The van der Waals surface area contributed by atoms with Gasteiger partial charge >= 0.3 is 0 Å². The first kappa shape index (κ1) is 14.3. The van der Waals surface area contributed by atoms with Gasteiger partial charge in [0.2, 0.25) is 0 Å². The second-order valence-electron chi connectivity index (χ2n) is 3.95. The number of anilines is 1. The molecule has 0 spiro atoms. The molecule has 0 radical (unpaired) electrons. The van der Waals surface area contributed by atoms with Crippen molar-refractivity contribution in [3.8, 4) is 0 Å². The molecule has 0 saturated heterocycles. The molecule has 17 heavy (non-hydrogen) atoms. The fourth-order valence-corrected chi connectivity index (χ4v) is 3.50. The van der Waals surface area contributed by atoms with Gasteiger partial charge in [0, 0.05) is 16.3 Å². The molecule has 0 saturated carbocycles. The zero-order valence-electron chi connectivity index (χ0n) is 9.81. The highest BCUT2D eigenvalue weighted by Gasteiger charge is 2.15. The fraction of sp³-hybridized carbons (Fsp3) is 0.455. The van der Waals surface area contributed by atoms with E-state index in [0.717, 1.165) is 0 Å². The standard InChI is InChI=1S/C11H16FNO2S2/c1-8(2)17(14,15)6-5-16-11-4-3-9(12)7-10(11)13/h3-4,7-8H,5-6,13H2,1-2H3. The number of hydrogen-bond donors (Lipinski definition) is 1. The third kappa shape index (κ3) is 4.20. The molecular formula is C11H16FNO2S2. The maximum absolute atomic E-state index is 12.8. The van der Waals surface area contributed by atoms with Gasteiger partial charge in [-0.2, -0.15) is 0 Å². The molecule has 0 heterocycles. The monoisotopic (exact) mass is 277 g/mol. The van der Waals surface area contributed by atoms with E-state index in [-0.39, 0.29) is 16.8 Å². The number of sulfone groups is 1. The Morgan fingerprint density at radius 3 is 2.59 bits per heavy atom. The van der Waals surface area contributed by atoms with E-state index in [4.69, 9.17) is 5.73 Å². The fourth-order valence-electron chi connectivity index (χ4n) is 1.15. The van der Waals surface area contributed by atoms with Gasteiger partial charge in [0.25, 0.3) is 0 Å². The number of rotatable bonds is 5. The van der Waals surface area contributed by atoms with Crippen LogP contribution in [0.5, 0.6) is 0 Å². The van der Waals surface area contributed by atoms with E-state index in [1.807, 2.05) is 0 Å². The first-order valence-electron chi connectivity index (χ1n) is 5.22. The molecule has 0 aliphatic heterocycles. The van der Waals surface area contributed by atoms with Crippen molar-refractivity contribution in [1.29, 1.82) is 0 Å². The molecule has 96 valence electrons. The first-order chi connectivity index (χ1) is 7.83. The molecule has 2 N–H and O–H groups in total. The predicted octanol–water partition coefficient (Wildman–Crippen LogP) is 2.32. The molecular weight excluding hydrogens is 261 g/mol. The average Bonchev–Trinajstić information content (AvgIpc) is 2.21. The first-order valence-corrected chi connectivity index (χ1v) is 7.92. The van der Waals surface area contributed by atoms with Crippen LogP contribution in [-0.4, -0.2) is 25.2 Å². The molecule has 1 aromatic carbocycles. The minimum atomic E-state index is -3.03. The predicted molar refractivity (Wildman–Crippen MR) is 70.5 cm³/mol. The third-order valence-electron chi connectivity index (χ3n) is 2.32. The highest BCUT2D eigenvalue weighted by atomic mass is 32.2. The Morgan fingerprint density at radius 1 is 1.41 bits per heavy atom. The van der Waals surface area contributed by atoms with E-state index in [1.165, 1.54) is 23.9 Å². The molecule has 6 heteroatoms. The third-order valence-corrected chi connectivity index (χ3v) is 5.87. The molecule has 0 amide bonds. The van der Waals surface area contributed by atoms with Crippen LogP contribution in [-0.2, 0) is 9.84 Å². The van der Waals surface area contributed by atoms with Gasteiger partial charge < -0.3 is 5.73 Å². The minimum Gasteiger partial charge on any atom is -0.398 e. The highest BCUT2D eigenvalue weighted by Crippen LogP contribution is 2.25. The van der Waals surface area contributed by atoms with Crippen LogP contribution in [0.3, 0.4) is 0 Å². The number of nitrogens with two attached hydrogens (primary N) is 1. The van der Waals surface area contributed by atoms with Gasteiger partial charge in [-0.1, -0.05) is 0 Å². The molecule has 3 nitrogen and oxygen atoms in total. The summed E-state index contributed by atoms with van der Waals surface area (Å²) in [5, 5.41) is -0.367. The Hall–Kier alpha value is -0.750.